The fourth-order valence-corrected chi connectivity index (χ4v) is 0.369. The zero-order valence-electron chi connectivity index (χ0n) is 7.31. The van der Waals surface area contributed by atoms with Crippen LogP contribution in [0.15, 0.2) is 0 Å². The smallest absolute Gasteiger partial charge is 0.250 e. The Labute approximate surface area is 67.0 Å². The second-order valence-corrected chi connectivity index (χ2v) is 2.95. The molecule has 3 N–H and O–H groups in total. The zero-order chi connectivity index (χ0) is 8.91. The number of rotatable bonds is 4. The number of carbonyl (C=O) groups excluding carboxylic acids is 1. The fraction of sp³-hybridized carbons (Fsp3) is 0.857. The monoisotopic (exact) mass is 160 g/mol. The van der Waals surface area contributed by atoms with Gasteiger partial charge < -0.3 is 5.73 Å². The number of amides is 1. The molecule has 4 heteroatoms. The van der Waals surface area contributed by atoms with Gasteiger partial charge in [0, 0.05) is 6.54 Å². The molecule has 0 aliphatic rings. The second kappa shape index (κ2) is 4.31. The Kier molecular flexibility index (Phi) is 4.07. The van der Waals surface area contributed by atoms with Gasteiger partial charge in [0.05, 0.1) is 12.0 Å². The van der Waals surface area contributed by atoms with Crippen molar-refractivity contribution in [3.8, 4) is 0 Å². The van der Waals surface area contributed by atoms with E-state index < -0.39 is 5.41 Å². The summed E-state index contributed by atoms with van der Waals surface area (Å²) in [5.74, 6) is -0.179. The third-order valence-corrected chi connectivity index (χ3v) is 1.43. The van der Waals surface area contributed by atoms with Crippen molar-refractivity contribution < 1.29 is 9.63 Å². The first-order chi connectivity index (χ1) is 5.04. The predicted octanol–water partition coefficient (Wildman–Crippen LogP) is 0.0390. The molecule has 0 saturated carbocycles. The normalized spacial score (nSPS) is 11.3. The van der Waals surface area contributed by atoms with Gasteiger partial charge in [-0.25, -0.2) is 5.48 Å². The van der Waals surface area contributed by atoms with Crippen molar-refractivity contribution in [2.75, 3.05) is 13.2 Å². The Hall–Kier alpha value is -0.610. The van der Waals surface area contributed by atoms with E-state index in [0.29, 0.717) is 13.2 Å². The minimum atomic E-state index is -0.546. The van der Waals surface area contributed by atoms with Crippen LogP contribution in [-0.4, -0.2) is 19.1 Å². The van der Waals surface area contributed by atoms with Crippen LogP contribution in [0.1, 0.15) is 20.8 Å². The highest BCUT2D eigenvalue weighted by molar-refractivity contribution is 5.81. The minimum absolute atomic E-state index is 0.179. The molecule has 66 valence electrons. The summed E-state index contributed by atoms with van der Waals surface area (Å²) >= 11 is 0. The van der Waals surface area contributed by atoms with E-state index in [2.05, 4.69) is 5.48 Å². The molecule has 0 rings (SSSR count). The summed E-state index contributed by atoms with van der Waals surface area (Å²) in [6, 6.07) is 0. The van der Waals surface area contributed by atoms with E-state index in [1.165, 1.54) is 0 Å². The molecule has 4 nitrogen and oxygen atoms in total. The van der Waals surface area contributed by atoms with Gasteiger partial charge >= 0.3 is 0 Å². The Morgan fingerprint density at radius 3 is 2.55 bits per heavy atom. The second-order valence-electron chi connectivity index (χ2n) is 2.95. The SMILES string of the molecule is CCONC(=O)C(C)(C)CN. The van der Waals surface area contributed by atoms with Gasteiger partial charge in [0.15, 0.2) is 0 Å². The fourth-order valence-electron chi connectivity index (χ4n) is 0.369. The van der Waals surface area contributed by atoms with E-state index in [9.17, 15) is 4.79 Å². The van der Waals surface area contributed by atoms with Gasteiger partial charge in [0.1, 0.15) is 0 Å². The Morgan fingerprint density at radius 2 is 2.18 bits per heavy atom. The minimum Gasteiger partial charge on any atom is -0.329 e. The molecule has 0 unspecified atom stereocenters. The van der Waals surface area contributed by atoms with Gasteiger partial charge in [-0.2, -0.15) is 0 Å². The molecule has 0 aromatic rings. The Morgan fingerprint density at radius 1 is 1.64 bits per heavy atom. The molecular formula is C7H16N2O2. The van der Waals surface area contributed by atoms with Gasteiger partial charge in [-0.1, -0.05) is 0 Å². The van der Waals surface area contributed by atoms with Crippen LogP contribution < -0.4 is 11.2 Å². The third kappa shape index (κ3) is 3.34. The van der Waals surface area contributed by atoms with Crippen molar-refractivity contribution in [2.45, 2.75) is 20.8 Å². The van der Waals surface area contributed by atoms with Gasteiger partial charge in [-0.3, -0.25) is 9.63 Å². The highest BCUT2D eigenvalue weighted by Crippen LogP contribution is 2.11. The van der Waals surface area contributed by atoms with Crippen LogP contribution in [-0.2, 0) is 9.63 Å². The number of carbonyl (C=O) groups is 1. The summed E-state index contributed by atoms with van der Waals surface area (Å²) in [5, 5.41) is 0. The average molecular weight is 160 g/mol. The summed E-state index contributed by atoms with van der Waals surface area (Å²) in [6.45, 7) is 6.11. The van der Waals surface area contributed by atoms with Crippen LogP contribution in [0.4, 0.5) is 0 Å². The van der Waals surface area contributed by atoms with Gasteiger partial charge in [-0.05, 0) is 20.8 Å². The molecule has 11 heavy (non-hydrogen) atoms. The van der Waals surface area contributed by atoms with Crippen LogP contribution in [0.2, 0.25) is 0 Å². The maximum Gasteiger partial charge on any atom is 0.250 e. The molecule has 0 atom stereocenters. The molecule has 0 aliphatic heterocycles. The summed E-state index contributed by atoms with van der Waals surface area (Å²) in [7, 11) is 0. The molecule has 0 heterocycles. The van der Waals surface area contributed by atoms with Gasteiger partial charge in [-0.15, -0.1) is 0 Å². The number of hydroxylamine groups is 1. The zero-order valence-corrected chi connectivity index (χ0v) is 7.31. The topological polar surface area (TPSA) is 64.3 Å². The summed E-state index contributed by atoms with van der Waals surface area (Å²) in [4.78, 5) is 15.9. The van der Waals surface area contributed by atoms with Crippen molar-refractivity contribution in [3.63, 3.8) is 0 Å². The van der Waals surface area contributed by atoms with E-state index in [-0.39, 0.29) is 5.91 Å². The molecule has 0 bridgehead atoms. The molecule has 0 saturated heterocycles. The van der Waals surface area contributed by atoms with Crippen molar-refractivity contribution >= 4 is 5.91 Å². The van der Waals surface area contributed by atoms with E-state index in [1.54, 1.807) is 20.8 Å². The van der Waals surface area contributed by atoms with Gasteiger partial charge in [0.25, 0.3) is 0 Å². The van der Waals surface area contributed by atoms with E-state index in [0.717, 1.165) is 0 Å². The van der Waals surface area contributed by atoms with Crippen LogP contribution in [0, 0.1) is 5.41 Å². The lowest BCUT2D eigenvalue weighted by Gasteiger charge is -2.20. The number of nitrogens with one attached hydrogen (secondary N) is 1. The predicted molar refractivity (Wildman–Crippen MR) is 42.6 cm³/mol. The first-order valence-electron chi connectivity index (χ1n) is 3.67. The lowest BCUT2D eigenvalue weighted by molar-refractivity contribution is -0.141. The van der Waals surface area contributed by atoms with Crippen LogP contribution in [0.25, 0.3) is 0 Å². The van der Waals surface area contributed by atoms with E-state index in [4.69, 9.17) is 10.6 Å². The number of nitrogens with two attached hydrogens (primary N) is 1. The molecule has 0 aromatic heterocycles. The van der Waals surface area contributed by atoms with Crippen molar-refractivity contribution in [1.29, 1.82) is 0 Å². The van der Waals surface area contributed by atoms with Crippen molar-refractivity contribution in [3.05, 3.63) is 0 Å². The summed E-state index contributed by atoms with van der Waals surface area (Å²) < 4.78 is 0. The lowest BCUT2D eigenvalue weighted by Crippen LogP contribution is -2.41. The van der Waals surface area contributed by atoms with Crippen LogP contribution in [0.3, 0.4) is 0 Å². The van der Waals surface area contributed by atoms with E-state index >= 15 is 0 Å². The quantitative estimate of drug-likeness (QED) is 0.571. The maximum atomic E-state index is 11.1. The molecule has 1 amide bonds. The van der Waals surface area contributed by atoms with E-state index in [1.807, 2.05) is 0 Å². The Balaban J connectivity index is 3.82. The largest absolute Gasteiger partial charge is 0.329 e. The van der Waals surface area contributed by atoms with Crippen molar-refractivity contribution in [2.24, 2.45) is 11.1 Å². The van der Waals surface area contributed by atoms with Gasteiger partial charge in [0.2, 0.25) is 5.91 Å². The lowest BCUT2D eigenvalue weighted by atomic mass is 9.93. The van der Waals surface area contributed by atoms with Crippen molar-refractivity contribution in [1.82, 2.24) is 5.48 Å². The molecule has 0 aromatic carbocycles. The summed E-state index contributed by atoms with van der Waals surface area (Å²) in [5.41, 5.74) is 7.12. The summed E-state index contributed by atoms with van der Waals surface area (Å²) in [6.07, 6.45) is 0. The first kappa shape index (κ1) is 10.4. The standard InChI is InChI=1S/C7H16N2O2/c1-4-11-9-6(10)7(2,3)5-8/h4-5,8H2,1-3H3,(H,9,10). The first-order valence-corrected chi connectivity index (χ1v) is 3.67. The van der Waals surface area contributed by atoms with Crippen LogP contribution in [0.5, 0.6) is 0 Å². The molecule has 0 aliphatic carbocycles. The maximum absolute atomic E-state index is 11.1. The average Bonchev–Trinajstić information content (AvgIpc) is 2.00. The third-order valence-electron chi connectivity index (χ3n) is 1.43. The molecular weight excluding hydrogens is 144 g/mol. The molecule has 0 fully saturated rings. The molecule has 0 radical (unpaired) electrons. The number of hydrogen-bond acceptors (Lipinski definition) is 3. The Bertz CT molecular complexity index is 134. The molecule has 0 spiro atoms. The highest BCUT2D eigenvalue weighted by atomic mass is 16.6. The highest BCUT2D eigenvalue weighted by Gasteiger charge is 2.25. The number of hydrogen-bond donors (Lipinski definition) is 2. The van der Waals surface area contributed by atoms with Crippen LogP contribution >= 0.6 is 0 Å².